The zero-order valence-corrected chi connectivity index (χ0v) is 18.4. The van der Waals surface area contributed by atoms with E-state index in [-0.39, 0.29) is 35.9 Å². The number of benzene rings is 2. The van der Waals surface area contributed by atoms with Gasteiger partial charge in [0.25, 0.3) is 0 Å². The topological polar surface area (TPSA) is 49.7 Å². The maximum atomic E-state index is 8.63. The maximum Gasteiger partial charge on any atom is 0.115 e. The van der Waals surface area contributed by atoms with Crippen molar-refractivity contribution in [3.63, 3.8) is 0 Å². The molecule has 2 aromatic rings. The number of methoxy groups -OCH3 is 1. The molecule has 0 saturated carbocycles. The molecule has 0 fully saturated rings. The molecule has 26 heavy (non-hydrogen) atoms. The second-order valence-corrected chi connectivity index (χ2v) is 4.63. The fraction of sp³-hybridized carbons (Fsp3) is 0.455. The standard InChI is InChI=1S/C10H14.C6H6O.C3H8O.CH4O.2CH4.W/c1-3-9(2)10-7-5-4-6-8-10;7-6-4-2-1-3-5-6;1-3-4-2;1-2;;;/h4-9H,3H2,1-2H3;1-5,7H;3H2,1-2H3;2H,1H3;2*1H4;. The molecule has 0 heterocycles. The first-order chi connectivity index (χ1) is 11.2. The summed E-state index contributed by atoms with van der Waals surface area (Å²) in [5, 5.41) is 15.6. The summed E-state index contributed by atoms with van der Waals surface area (Å²) in [5.41, 5.74) is 1.45. The van der Waals surface area contributed by atoms with E-state index in [1.54, 1.807) is 31.4 Å². The van der Waals surface area contributed by atoms with Crippen molar-refractivity contribution in [3.05, 3.63) is 66.2 Å². The second kappa shape index (κ2) is 28.6. The Morgan fingerprint density at radius 3 is 1.42 bits per heavy atom. The molecule has 2 aromatic carbocycles. The first-order valence-electron chi connectivity index (χ1n) is 7.88. The van der Waals surface area contributed by atoms with Gasteiger partial charge in [-0.15, -0.1) is 0 Å². The largest absolute Gasteiger partial charge is 0.508 e. The van der Waals surface area contributed by atoms with Gasteiger partial charge in [-0.3, -0.25) is 0 Å². The third kappa shape index (κ3) is 22.8. The normalized spacial score (nSPS) is 8.69. The molecule has 0 saturated heterocycles. The fourth-order valence-corrected chi connectivity index (χ4v) is 1.45. The third-order valence-electron chi connectivity index (χ3n) is 3.03. The van der Waals surface area contributed by atoms with Gasteiger partial charge >= 0.3 is 0 Å². The number of aromatic hydroxyl groups is 1. The van der Waals surface area contributed by atoms with E-state index in [2.05, 4.69) is 48.9 Å². The monoisotopic (exact) mass is 536 g/mol. The Morgan fingerprint density at radius 1 is 0.846 bits per heavy atom. The molecule has 0 amide bonds. The molecule has 0 spiro atoms. The number of hydrogen-bond donors (Lipinski definition) is 2. The van der Waals surface area contributed by atoms with Crippen LogP contribution in [0.25, 0.3) is 0 Å². The predicted molar refractivity (Wildman–Crippen MR) is 112 cm³/mol. The molecule has 0 aliphatic heterocycles. The van der Waals surface area contributed by atoms with Gasteiger partial charge in [0, 0.05) is 41.9 Å². The van der Waals surface area contributed by atoms with Gasteiger partial charge in [-0.1, -0.05) is 77.2 Å². The van der Waals surface area contributed by atoms with Gasteiger partial charge in [0.15, 0.2) is 0 Å². The van der Waals surface area contributed by atoms with Gasteiger partial charge in [0.05, 0.1) is 0 Å². The van der Waals surface area contributed by atoms with Crippen molar-refractivity contribution in [1.82, 2.24) is 0 Å². The Bertz CT molecular complexity index is 434. The SMILES string of the molecule is C.C.CCC(C)c1ccccc1.CCOC.CO.Oc1ccccc1.[W]. The van der Waals surface area contributed by atoms with Crippen LogP contribution in [0.3, 0.4) is 0 Å². The number of rotatable bonds is 3. The summed E-state index contributed by atoms with van der Waals surface area (Å²) >= 11 is 0. The van der Waals surface area contributed by atoms with E-state index in [1.165, 1.54) is 12.0 Å². The molecule has 2 rings (SSSR count). The number of aliphatic hydroxyl groups excluding tert-OH is 1. The van der Waals surface area contributed by atoms with Crippen LogP contribution < -0.4 is 0 Å². The third-order valence-corrected chi connectivity index (χ3v) is 3.03. The van der Waals surface area contributed by atoms with Crippen molar-refractivity contribution >= 4 is 0 Å². The fourth-order valence-electron chi connectivity index (χ4n) is 1.45. The van der Waals surface area contributed by atoms with Crippen molar-refractivity contribution in [2.24, 2.45) is 0 Å². The minimum atomic E-state index is 0. The zero-order chi connectivity index (χ0) is 17.9. The van der Waals surface area contributed by atoms with E-state index in [1.807, 2.05) is 13.0 Å². The molecule has 1 atom stereocenters. The van der Waals surface area contributed by atoms with Crippen molar-refractivity contribution in [2.75, 3.05) is 20.8 Å². The quantitative estimate of drug-likeness (QED) is 0.497. The van der Waals surface area contributed by atoms with E-state index < -0.39 is 0 Å². The Balaban J connectivity index is -0.0000000820. The van der Waals surface area contributed by atoms with E-state index >= 15 is 0 Å². The average Bonchev–Trinajstić information content (AvgIpc) is 2.65. The molecule has 3 nitrogen and oxygen atoms in total. The van der Waals surface area contributed by atoms with Crippen LogP contribution in [-0.2, 0) is 25.8 Å². The molecule has 152 valence electrons. The molecule has 2 N–H and O–H groups in total. The summed E-state index contributed by atoms with van der Waals surface area (Å²) in [6.07, 6.45) is 1.23. The Hall–Kier alpha value is -1.15. The molecule has 0 aromatic heterocycles. The molecule has 4 heteroatoms. The number of phenolic OH excluding ortho intramolecular Hbond substituents is 1. The van der Waals surface area contributed by atoms with Gasteiger partial charge in [-0.25, -0.2) is 0 Å². The summed E-state index contributed by atoms with van der Waals surface area (Å²) < 4.78 is 4.54. The van der Waals surface area contributed by atoms with Crippen molar-refractivity contribution in [2.45, 2.75) is 48.0 Å². The molecule has 0 aliphatic carbocycles. The first-order valence-corrected chi connectivity index (χ1v) is 7.88. The minimum absolute atomic E-state index is 0. The van der Waals surface area contributed by atoms with Gasteiger partial charge in [-0.05, 0) is 37.0 Å². The second-order valence-electron chi connectivity index (χ2n) is 4.63. The molecular formula is C22H40O3W. The summed E-state index contributed by atoms with van der Waals surface area (Å²) in [6, 6.07) is 19.3. The van der Waals surface area contributed by atoms with Crippen molar-refractivity contribution < 1.29 is 36.0 Å². The number of para-hydroxylation sites is 1. The van der Waals surface area contributed by atoms with E-state index in [0.717, 1.165) is 13.7 Å². The van der Waals surface area contributed by atoms with Gasteiger partial charge in [0.2, 0.25) is 0 Å². The summed E-state index contributed by atoms with van der Waals surface area (Å²) in [4.78, 5) is 0. The Morgan fingerprint density at radius 2 is 1.19 bits per heavy atom. The van der Waals surface area contributed by atoms with Crippen LogP contribution in [-0.4, -0.2) is 31.0 Å². The minimum Gasteiger partial charge on any atom is -0.508 e. The number of ether oxygens (including phenoxy) is 1. The molecule has 1 unspecified atom stereocenters. The summed E-state index contributed by atoms with van der Waals surface area (Å²) in [5.74, 6) is 1.03. The van der Waals surface area contributed by atoms with Crippen LogP contribution in [0.1, 0.15) is 53.5 Å². The van der Waals surface area contributed by atoms with Crippen LogP contribution >= 0.6 is 0 Å². The zero-order valence-electron chi connectivity index (χ0n) is 15.5. The van der Waals surface area contributed by atoms with Gasteiger partial charge < -0.3 is 14.9 Å². The summed E-state index contributed by atoms with van der Waals surface area (Å²) in [7, 11) is 2.68. The van der Waals surface area contributed by atoms with Crippen LogP contribution in [0.4, 0.5) is 0 Å². The van der Waals surface area contributed by atoms with E-state index in [0.29, 0.717) is 11.7 Å². The van der Waals surface area contributed by atoms with Gasteiger partial charge in [-0.2, -0.15) is 0 Å². The average molecular weight is 536 g/mol. The number of phenols is 1. The van der Waals surface area contributed by atoms with Crippen molar-refractivity contribution in [1.29, 1.82) is 0 Å². The smallest absolute Gasteiger partial charge is 0.115 e. The number of hydrogen-bond acceptors (Lipinski definition) is 3. The van der Waals surface area contributed by atoms with E-state index in [4.69, 9.17) is 10.2 Å². The predicted octanol–water partition coefficient (Wildman–Crippen LogP) is 6.12. The van der Waals surface area contributed by atoms with Crippen molar-refractivity contribution in [3.8, 4) is 5.75 Å². The Kier molecular flexibility index (Phi) is 39.5. The molecule has 0 radical (unpaired) electrons. The Labute approximate surface area is 176 Å². The van der Waals surface area contributed by atoms with Crippen LogP contribution in [0.5, 0.6) is 5.75 Å². The first kappa shape index (κ1) is 35.9. The number of aliphatic hydroxyl groups is 1. The van der Waals surface area contributed by atoms with Crippen LogP contribution in [0.2, 0.25) is 0 Å². The molecular weight excluding hydrogens is 496 g/mol. The van der Waals surface area contributed by atoms with Crippen LogP contribution in [0, 0.1) is 0 Å². The van der Waals surface area contributed by atoms with Crippen LogP contribution in [0.15, 0.2) is 60.7 Å². The van der Waals surface area contributed by atoms with E-state index in [9.17, 15) is 0 Å². The maximum absolute atomic E-state index is 8.63. The molecule has 0 aliphatic rings. The van der Waals surface area contributed by atoms with Gasteiger partial charge in [0.1, 0.15) is 5.75 Å². The molecule has 0 bridgehead atoms. The summed E-state index contributed by atoms with van der Waals surface area (Å²) in [6.45, 7) is 7.26.